The molecular weight excluding hydrogens is 1240 g/mol. The van der Waals surface area contributed by atoms with Gasteiger partial charge in [0.1, 0.15) is 0 Å². The third kappa shape index (κ3) is 7.77. The highest BCUT2D eigenvalue weighted by Crippen LogP contribution is 2.52. The van der Waals surface area contributed by atoms with E-state index in [4.69, 9.17) is 9.97 Å². The van der Waals surface area contributed by atoms with Crippen molar-refractivity contribution in [1.82, 2.24) is 28.2 Å². The van der Waals surface area contributed by atoms with Gasteiger partial charge in [0.05, 0.1) is 61.2 Å². The lowest BCUT2D eigenvalue weighted by Crippen LogP contribution is -1.96. The summed E-state index contributed by atoms with van der Waals surface area (Å²) in [7, 11) is 0. The van der Waals surface area contributed by atoms with E-state index in [1.165, 1.54) is 159 Å². The third-order valence-corrected chi connectivity index (χ3v) is 22.3. The number of pyridine rings is 2. The molecule has 0 saturated heterocycles. The average molecular weight is 1290 g/mol. The maximum atomic E-state index is 5.38. The van der Waals surface area contributed by atoms with Crippen LogP contribution in [0.4, 0.5) is 0 Å². The van der Waals surface area contributed by atoms with Crippen LogP contribution in [0.25, 0.3) is 221 Å². The number of para-hydroxylation sites is 5. The largest absolute Gasteiger partial charge is 0.309 e. The van der Waals surface area contributed by atoms with Gasteiger partial charge in [-0.15, -0.1) is 0 Å². The molecule has 6 heteroatoms. The van der Waals surface area contributed by atoms with Crippen LogP contribution in [0.1, 0.15) is 0 Å². The van der Waals surface area contributed by atoms with Crippen LogP contribution in [0.2, 0.25) is 0 Å². The van der Waals surface area contributed by atoms with Crippen LogP contribution in [0.3, 0.4) is 0 Å². The number of hydrogen-bond acceptors (Lipinski definition) is 2. The van der Waals surface area contributed by atoms with Crippen molar-refractivity contribution < 1.29 is 0 Å². The highest BCUT2D eigenvalue weighted by Gasteiger charge is 2.28. The van der Waals surface area contributed by atoms with Crippen LogP contribution in [0.15, 0.2) is 340 Å². The van der Waals surface area contributed by atoms with E-state index in [0.717, 1.165) is 61.7 Å². The normalized spacial score (nSPS) is 12.3. The van der Waals surface area contributed by atoms with Crippen LogP contribution in [0, 0.1) is 0 Å². The van der Waals surface area contributed by atoms with Crippen molar-refractivity contribution in [3.63, 3.8) is 0 Å². The molecule has 470 valence electrons. The molecule has 23 rings (SSSR count). The quantitative estimate of drug-likeness (QED) is 0.152. The Balaban J connectivity index is 0.615. The van der Waals surface area contributed by atoms with Gasteiger partial charge in [-0.1, -0.05) is 194 Å². The number of hydrogen-bond donors (Lipinski definition) is 0. The molecule has 0 atom stereocenters. The fourth-order valence-electron chi connectivity index (χ4n) is 17.8. The van der Waals surface area contributed by atoms with Gasteiger partial charge in [-0.3, -0.25) is 9.97 Å². The van der Waals surface area contributed by atoms with E-state index in [9.17, 15) is 0 Å². The van der Waals surface area contributed by atoms with Gasteiger partial charge in [-0.25, -0.2) is 0 Å². The predicted molar refractivity (Wildman–Crippen MR) is 425 cm³/mol. The molecule has 21 aromatic rings. The minimum absolute atomic E-state index is 1.02. The second-order valence-corrected chi connectivity index (χ2v) is 27.5. The van der Waals surface area contributed by atoms with Crippen LogP contribution in [-0.2, 0) is 0 Å². The van der Waals surface area contributed by atoms with Crippen molar-refractivity contribution in [2.75, 3.05) is 0 Å². The predicted octanol–water partition coefficient (Wildman–Crippen LogP) is 25.1. The maximum absolute atomic E-state index is 5.38. The molecule has 6 heterocycles. The Bertz CT molecular complexity index is 7200. The summed E-state index contributed by atoms with van der Waals surface area (Å²) in [6, 6.07) is 121. The smallest absolute Gasteiger partial charge is 0.0787 e. The van der Waals surface area contributed by atoms with Crippen molar-refractivity contribution in [3.8, 4) is 112 Å². The SMILES string of the molecule is c1ccc(-n2c3ccccc3c3cc(-c4ccc5c(c4)c4cc(-c6ccc7c8c(cccc68)-c6ncc(-c8ccc9c(c8)c8ccc(-c%10ccc%11c(c%10)c%10ccccc%10n%11-c%10ccc%11c%12c(cccc%10%12)-c%10ncccc%10-%11)cc8n9-c8ccccc8)cc6-7)ccc4n5-c4ccccc4)ccc32)cc1. The lowest BCUT2D eigenvalue weighted by molar-refractivity contribution is 1.18. The van der Waals surface area contributed by atoms with Crippen LogP contribution in [-0.4, -0.2) is 28.2 Å². The van der Waals surface area contributed by atoms with E-state index in [0.29, 0.717) is 0 Å². The molecule has 15 aromatic carbocycles. The molecule has 0 N–H and O–H groups in total. The second kappa shape index (κ2) is 20.9. The van der Waals surface area contributed by atoms with Crippen molar-refractivity contribution >= 4 is 109 Å². The topological polar surface area (TPSA) is 45.5 Å². The van der Waals surface area contributed by atoms with E-state index in [1.807, 2.05) is 12.3 Å². The number of aromatic nitrogens is 6. The molecule has 0 saturated carbocycles. The summed E-state index contributed by atoms with van der Waals surface area (Å²) in [6.07, 6.45) is 3.99. The molecule has 0 radical (unpaired) electrons. The Labute approximate surface area is 585 Å². The van der Waals surface area contributed by atoms with Crippen molar-refractivity contribution in [3.05, 3.63) is 340 Å². The first-order valence-corrected chi connectivity index (χ1v) is 35.1. The minimum Gasteiger partial charge on any atom is -0.309 e. The van der Waals surface area contributed by atoms with Gasteiger partial charge in [0.25, 0.3) is 0 Å². The lowest BCUT2D eigenvalue weighted by Gasteiger charge is -2.13. The molecule has 0 amide bonds. The number of rotatable bonds is 8. The molecule has 2 aliphatic rings. The monoisotopic (exact) mass is 1290 g/mol. The van der Waals surface area contributed by atoms with Gasteiger partial charge in [0.15, 0.2) is 0 Å². The van der Waals surface area contributed by atoms with Crippen LogP contribution < -0.4 is 0 Å². The van der Waals surface area contributed by atoms with E-state index >= 15 is 0 Å². The molecule has 0 spiro atoms. The molecule has 102 heavy (non-hydrogen) atoms. The third-order valence-electron chi connectivity index (χ3n) is 22.3. The summed E-state index contributed by atoms with van der Waals surface area (Å²) in [5, 5.41) is 14.7. The Morgan fingerprint density at radius 2 is 0.578 bits per heavy atom. The standard InChI is InChI=1S/C96H56N6/c1-4-17-64(18-5-1)99-84-30-12-10-23-68(84)78-49-57(33-42-87(78)99)58-34-43-89-81(51-58)82-53-62(37-46-90(82)100(89)65-19-6-2-7-20-65)67-39-40-73-83-54-63(56-98-96(83)76-27-14-25-71(67)93(73)76)60-36-44-88-80(52-60)70-38-32-61(55-92(70)101(88)66-21-8-3-9-22-66)59-35-45-91-79(50-59)69-24-11-13-31-85(69)102(91)86-47-41-72-74-29-16-48-97-95(74)77-28-15-26-75(86)94(72)77/h1-56H. The van der Waals surface area contributed by atoms with Gasteiger partial charge in [-0.05, 0) is 194 Å². The first kappa shape index (κ1) is 55.3. The zero-order chi connectivity index (χ0) is 66.4. The molecule has 0 unspecified atom stereocenters. The Hall–Kier alpha value is -13.7. The molecule has 6 nitrogen and oxygen atoms in total. The summed E-state index contributed by atoms with van der Waals surface area (Å²) >= 11 is 0. The van der Waals surface area contributed by atoms with Crippen molar-refractivity contribution in [2.24, 2.45) is 0 Å². The lowest BCUT2D eigenvalue weighted by atomic mass is 9.93. The number of benzene rings is 15. The molecule has 0 bridgehead atoms. The van der Waals surface area contributed by atoms with Crippen LogP contribution >= 0.6 is 0 Å². The zero-order valence-corrected chi connectivity index (χ0v) is 55.0. The summed E-state index contributed by atoms with van der Waals surface area (Å²) in [6.45, 7) is 0. The summed E-state index contributed by atoms with van der Waals surface area (Å²) in [4.78, 5) is 10.2. The highest BCUT2D eigenvalue weighted by molar-refractivity contribution is 6.22. The number of nitrogens with zero attached hydrogens (tertiary/aromatic N) is 6. The van der Waals surface area contributed by atoms with Gasteiger partial charge in [0.2, 0.25) is 0 Å². The Kier molecular flexibility index (Phi) is 11.4. The van der Waals surface area contributed by atoms with E-state index < -0.39 is 0 Å². The van der Waals surface area contributed by atoms with Gasteiger partial charge in [0, 0.05) is 111 Å². The summed E-state index contributed by atoms with van der Waals surface area (Å²) < 4.78 is 9.71. The first-order chi connectivity index (χ1) is 50.6. The average Bonchev–Trinajstić information content (AvgIpc) is 1.59. The number of fused-ring (bicyclic) bond motifs is 18. The van der Waals surface area contributed by atoms with Gasteiger partial charge < -0.3 is 18.3 Å². The highest BCUT2D eigenvalue weighted by atomic mass is 15.0. The Morgan fingerprint density at radius 3 is 1.18 bits per heavy atom. The van der Waals surface area contributed by atoms with Crippen LogP contribution in [0.5, 0.6) is 0 Å². The summed E-state index contributed by atoms with van der Waals surface area (Å²) in [5.74, 6) is 0. The van der Waals surface area contributed by atoms with E-state index in [2.05, 4.69) is 346 Å². The van der Waals surface area contributed by atoms with Gasteiger partial charge >= 0.3 is 0 Å². The van der Waals surface area contributed by atoms with E-state index in [1.54, 1.807) is 0 Å². The fraction of sp³-hybridized carbons (Fsp3) is 0. The van der Waals surface area contributed by atoms with E-state index in [-0.39, 0.29) is 0 Å². The fourth-order valence-corrected chi connectivity index (χ4v) is 17.8. The first-order valence-electron chi connectivity index (χ1n) is 35.1. The summed E-state index contributed by atoms with van der Waals surface area (Å²) in [5.41, 5.74) is 32.6. The Morgan fingerprint density at radius 1 is 0.186 bits per heavy atom. The maximum Gasteiger partial charge on any atom is 0.0787 e. The second-order valence-electron chi connectivity index (χ2n) is 27.5. The molecule has 2 aliphatic carbocycles. The molecular formula is C96H56N6. The molecule has 0 aliphatic heterocycles. The zero-order valence-electron chi connectivity index (χ0n) is 55.0. The van der Waals surface area contributed by atoms with Crippen molar-refractivity contribution in [1.29, 1.82) is 0 Å². The molecule has 6 aromatic heterocycles. The van der Waals surface area contributed by atoms with Gasteiger partial charge in [-0.2, -0.15) is 0 Å². The minimum atomic E-state index is 1.02. The molecule has 0 fully saturated rings. The van der Waals surface area contributed by atoms with Crippen molar-refractivity contribution in [2.45, 2.75) is 0 Å².